The van der Waals surface area contributed by atoms with Gasteiger partial charge in [-0.1, -0.05) is 36.4 Å². The zero-order valence-corrected chi connectivity index (χ0v) is 16.9. The molecule has 0 bridgehead atoms. The van der Waals surface area contributed by atoms with Gasteiger partial charge in [-0.25, -0.2) is 4.79 Å². The number of hydrogen-bond acceptors (Lipinski definition) is 5. The molecular formula is C24H26N2O3. The average molecular weight is 390 g/mol. The Morgan fingerprint density at radius 1 is 1.21 bits per heavy atom. The van der Waals surface area contributed by atoms with Gasteiger partial charge in [-0.2, -0.15) is 0 Å². The van der Waals surface area contributed by atoms with E-state index in [1.807, 2.05) is 49.4 Å². The molecule has 2 N–H and O–H groups in total. The van der Waals surface area contributed by atoms with Crippen molar-refractivity contribution in [3.05, 3.63) is 84.1 Å². The molecule has 1 atom stereocenters. The van der Waals surface area contributed by atoms with E-state index in [-0.39, 0.29) is 13.0 Å². The summed E-state index contributed by atoms with van der Waals surface area (Å²) in [7, 11) is 0. The summed E-state index contributed by atoms with van der Waals surface area (Å²) in [5, 5.41) is 1.07. The van der Waals surface area contributed by atoms with E-state index in [4.69, 9.17) is 15.2 Å². The molecule has 2 aromatic carbocycles. The van der Waals surface area contributed by atoms with E-state index in [1.165, 1.54) is 0 Å². The van der Waals surface area contributed by atoms with Crippen LogP contribution < -0.4 is 10.5 Å². The minimum Gasteiger partial charge on any atom is -0.489 e. The number of rotatable bonds is 8. The molecule has 0 aliphatic rings. The summed E-state index contributed by atoms with van der Waals surface area (Å²) < 4.78 is 11.1. The Morgan fingerprint density at radius 3 is 2.62 bits per heavy atom. The fourth-order valence-corrected chi connectivity index (χ4v) is 3.33. The molecular weight excluding hydrogens is 364 g/mol. The van der Waals surface area contributed by atoms with Crippen molar-refractivity contribution in [1.29, 1.82) is 0 Å². The van der Waals surface area contributed by atoms with Crippen LogP contribution in [0.3, 0.4) is 0 Å². The highest BCUT2D eigenvalue weighted by Crippen LogP contribution is 2.27. The lowest BCUT2D eigenvalue weighted by Crippen LogP contribution is -2.45. The van der Waals surface area contributed by atoms with Gasteiger partial charge in [-0.15, -0.1) is 6.58 Å². The zero-order valence-electron chi connectivity index (χ0n) is 16.9. The zero-order chi connectivity index (χ0) is 20.9. The number of aromatic nitrogens is 1. The van der Waals surface area contributed by atoms with Gasteiger partial charge in [-0.05, 0) is 50.1 Å². The number of esters is 1. The monoisotopic (exact) mass is 390 g/mol. The third kappa shape index (κ3) is 4.46. The highest BCUT2D eigenvalue weighted by atomic mass is 16.5. The maximum absolute atomic E-state index is 12.4. The molecule has 3 rings (SSSR count). The van der Waals surface area contributed by atoms with E-state index in [9.17, 15) is 4.79 Å². The lowest BCUT2D eigenvalue weighted by molar-refractivity contribution is -0.150. The molecule has 0 saturated carbocycles. The van der Waals surface area contributed by atoms with Crippen molar-refractivity contribution in [3.8, 4) is 5.75 Å². The summed E-state index contributed by atoms with van der Waals surface area (Å²) in [6, 6.07) is 17.3. The van der Waals surface area contributed by atoms with Gasteiger partial charge >= 0.3 is 5.97 Å². The van der Waals surface area contributed by atoms with Gasteiger partial charge in [-0.3, -0.25) is 4.98 Å². The highest BCUT2D eigenvalue weighted by molar-refractivity contribution is 5.83. The molecule has 3 aromatic rings. The lowest BCUT2D eigenvalue weighted by atomic mass is 9.87. The Bertz CT molecular complexity index is 1010. The largest absolute Gasteiger partial charge is 0.489 e. The number of carbonyl (C=O) groups is 1. The molecule has 29 heavy (non-hydrogen) atoms. The number of ether oxygens (including phenoxy) is 2. The third-order valence-corrected chi connectivity index (χ3v) is 4.80. The first-order valence-electron chi connectivity index (χ1n) is 9.63. The van der Waals surface area contributed by atoms with Crippen LogP contribution in [0.2, 0.25) is 0 Å². The number of para-hydroxylation sites is 1. The number of carbonyl (C=O) groups excluding carboxylic acids is 1. The van der Waals surface area contributed by atoms with Gasteiger partial charge in [0.05, 0.1) is 12.1 Å². The van der Waals surface area contributed by atoms with Crippen LogP contribution in [0.15, 0.2) is 67.3 Å². The summed E-state index contributed by atoms with van der Waals surface area (Å²) in [6.45, 7) is 8.13. The van der Waals surface area contributed by atoms with Crippen molar-refractivity contribution in [2.24, 2.45) is 5.73 Å². The van der Waals surface area contributed by atoms with E-state index in [2.05, 4.69) is 11.6 Å². The van der Waals surface area contributed by atoms with Crippen LogP contribution in [-0.4, -0.2) is 17.6 Å². The Labute approximate surface area is 171 Å². The molecule has 1 aromatic heterocycles. The second-order valence-corrected chi connectivity index (χ2v) is 6.94. The minimum atomic E-state index is -1.26. The van der Waals surface area contributed by atoms with Crippen molar-refractivity contribution >= 4 is 16.9 Å². The molecule has 5 heteroatoms. The number of benzene rings is 2. The van der Waals surface area contributed by atoms with Gasteiger partial charge in [0, 0.05) is 16.6 Å². The van der Waals surface area contributed by atoms with E-state index in [0.29, 0.717) is 17.9 Å². The van der Waals surface area contributed by atoms with Gasteiger partial charge in [0.15, 0.2) is 0 Å². The van der Waals surface area contributed by atoms with Crippen LogP contribution in [0.25, 0.3) is 10.9 Å². The molecule has 0 aliphatic carbocycles. The van der Waals surface area contributed by atoms with Crippen LogP contribution >= 0.6 is 0 Å². The fraction of sp³-hybridized carbons (Fsp3) is 0.250. The van der Waals surface area contributed by atoms with Gasteiger partial charge in [0.2, 0.25) is 0 Å². The Balaban J connectivity index is 1.79. The highest BCUT2D eigenvalue weighted by Gasteiger charge is 2.36. The van der Waals surface area contributed by atoms with Crippen LogP contribution in [0.1, 0.15) is 30.2 Å². The van der Waals surface area contributed by atoms with Crippen molar-refractivity contribution in [1.82, 2.24) is 4.98 Å². The molecule has 150 valence electrons. The van der Waals surface area contributed by atoms with Gasteiger partial charge < -0.3 is 15.2 Å². The predicted octanol–water partition coefficient (Wildman–Crippen LogP) is 4.42. The standard InChI is InChI=1S/C24H26N2O3/c1-4-14-24(25,23(27)28-5-2)19-10-12-20(13-11-19)29-16-18-15-17(3)26-22-9-7-6-8-21(18)22/h4,6-13,15H,1,5,14,16,25H2,2-3H3/t24-/m1/s1. The summed E-state index contributed by atoms with van der Waals surface area (Å²) in [6.07, 6.45) is 1.91. The maximum Gasteiger partial charge on any atom is 0.331 e. The first-order chi connectivity index (χ1) is 14.0. The SMILES string of the molecule is C=CC[C@](N)(C(=O)OCC)c1ccc(OCc2cc(C)nc3ccccc23)cc1. The number of aryl methyl sites for hydroxylation is 1. The molecule has 0 saturated heterocycles. The van der Waals surface area contributed by atoms with Gasteiger partial charge in [0.1, 0.15) is 17.9 Å². The number of nitrogens with two attached hydrogens (primary N) is 1. The number of nitrogens with zero attached hydrogens (tertiary/aromatic N) is 1. The van der Waals surface area contributed by atoms with Crippen LogP contribution in [0.4, 0.5) is 0 Å². The van der Waals surface area contributed by atoms with Crippen LogP contribution in [0.5, 0.6) is 5.75 Å². The van der Waals surface area contributed by atoms with E-state index < -0.39 is 11.5 Å². The van der Waals surface area contributed by atoms with Crippen molar-refractivity contribution in [3.63, 3.8) is 0 Å². The topological polar surface area (TPSA) is 74.4 Å². The number of fused-ring (bicyclic) bond motifs is 1. The molecule has 0 fully saturated rings. The molecule has 0 spiro atoms. The van der Waals surface area contributed by atoms with Crippen molar-refractivity contribution in [2.75, 3.05) is 6.61 Å². The summed E-state index contributed by atoms with van der Waals surface area (Å²) in [4.78, 5) is 16.9. The second-order valence-electron chi connectivity index (χ2n) is 6.94. The fourth-order valence-electron chi connectivity index (χ4n) is 3.33. The predicted molar refractivity (Wildman–Crippen MR) is 115 cm³/mol. The molecule has 0 radical (unpaired) electrons. The normalized spacial score (nSPS) is 12.9. The quantitative estimate of drug-likeness (QED) is 0.455. The van der Waals surface area contributed by atoms with Crippen LogP contribution in [-0.2, 0) is 21.7 Å². The number of hydrogen-bond donors (Lipinski definition) is 1. The van der Waals surface area contributed by atoms with E-state index in [0.717, 1.165) is 22.2 Å². The average Bonchev–Trinajstić information content (AvgIpc) is 2.72. The van der Waals surface area contributed by atoms with Crippen molar-refractivity contribution < 1.29 is 14.3 Å². The molecule has 5 nitrogen and oxygen atoms in total. The second kappa shape index (κ2) is 8.88. The summed E-state index contributed by atoms with van der Waals surface area (Å²) in [5.41, 5.74) is 8.74. The van der Waals surface area contributed by atoms with Crippen molar-refractivity contribution in [2.45, 2.75) is 32.4 Å². The molecule has 0 unspecified atom stereocenters. The van der Waals surface area contributed by atoms with Gasteiger partial charge in [0.25, 0.3) is 0 Å². The Hall–Kier alpha value is -3.18. The maximum atomic E-state index is 12.4. The molecule has 1 heterocycles. The summed E-state index contributed by atoms with van der Waals surface area (Å²) >= 11 is 0. The first-order valence-corrected chi connectivity index (χ1v) is 9.63. The minimum absolute atomic E-state index is 0.273. The Kier molecular flexibility index (Phi) is 6.29. The number of pyridine rings is 1. The third-order valence-electron chi connectivity index (χ3n) is 4.80. The Morgan fingerprint density at radius 2 is 1.93 bits per heavy atom. The smallest absolute Gasteiger partial charge is 0.331 e. The first kappa shape index (κ1) is 20.6. The molecule has 0 amide bonds. The van der Waals surface area contributed by atoms with Crippen LogP contribution in [0, 0.1) is 6.92 Å². The van der Waals surface area contributed by atoms with E-state index >= 15 is 0 Å². The summed E-state index contributed by atoms with van der Waals surface area (Å²) in [5.74, 6) is 0.226. The van der Waals surface area contributed by atoms with E-state index in [1.54, 1.807) is 25.1 Å². The lowest BCUT2D eigenvalue weighted by Gasteiger charge is -2.26. The molecule has 0 aliphatic heterocycles.